The quantitative estimate of drug-likeness (QED) is 0.593. The number of nitrogens with one attached hydrogen (secondary N) is 2. The minimum Gasteiger partial charge on any atom is -0.385 e. The van der Waals surface area contributed by atoms with E-state index in [2.05, 4.69) is 10.0 Å². The van der Waals surface area contributed by atoms with Crippen LogP contribution in [-0.4, -0.2) is 25.9 Å². The molecule has 0 amide bonds. The first-order valence-electron chi connectivity index (χ1n) is 6.89. The second-order valence-electron chi connectivity index (χ2n) is 5.31. The normalized spacial score (nSPS) is 21.0. The molecule has 0 aromatic heterocycles. The summed E-state index contributed by atoms with van der Waals surface area (Å²) in [6, 6.07) is 3.98. The van der Waals surface area contributed by atoms with Gasteiger partial charge in [-0.1, -0.05) is 13.8 Å². The lowest BCUT2D eigenvalue weighted by molar-refractivity contribution is -0.387. The molecule has 2 atom stereocenters. The van der Waals surface area contributed by atoms with Crippen LogP contribution in [0.15, 0.2) is 23.1 Å². The third-order valence-electron chi connectivity index (χ3n) is 3.44. The molecular weight excluding hydrogens is 294 g/mol. The molecule has 1 fully saturated rings. The second kappa shape index (κ2) is 5.98. The van der Waals surface area contributed by atoms with Crippen LogP contribution in [0.3, 0.4) is 0 Å². The van der Waals surface area contributed by atoms with Crippen molar-refractivity contribution in [1.82, 2.24) is 4.72 Å². The Balaban J connectivity index is 2.31. The van der Waals surface area contributed by atoms with E-state index in [4.69, 9.17) is 0 Å². The molecule has 1 saturated carbocycles. The maximum atomic E-state index is 12.2. The van der Waals surface area contributed by atoms with Crippen molar-refractivity contribution >= 4 is 21.4 Å². The molecule has 116 valence electrons. The van der Waals surface area contributed by atoms with Crippen LogP contribution in [0.2, 0.25) is 0 Å². The fourth-order valence-corrected chi connectivity index (χ4v) is 3.53. The number of benzene rings is 1. The number of nitro groups is 1. The molecule has 1 aromatic carbocycles. The monoisotopic (exact) mass is 313 g/mol. The van der Waals surface area contributed by atoms with E-state index >= 15 is 0 Å². The lowest BCUT2D eigenvalue weighted by atomic mass is 10.2. The zero-order valence-corrected chi connectivity index (χ0v) is 12.8. The van der Waals surface area contributed by atoms with Gasteiger partial charge in [-0.25, -0.2) is 13.1 Å². The summed E-state index contributed by atoms with van der Waals surface area (Å²) in [5, 5.41) is 14.2. The van der Waals surface area contributed by atoms with Crippen molar-refractivity contribution in [3.05, 3.63) is 28.3 Å². The maximum absolute atomic E-state index is 12.2. The third-order valence-corrected chi connectivity index (χ3v) is 4.98. The zero-order valence-electron chi connectivity index (χ0n) is 12.0. The molecule has 2 N–H and O–H groups in total. The Kier molecular flexibility index (Phi) is 4.48. The molecule has 0 heterocycles. The van der Waals surface area contributed by atoms with Crippen LogP contribution in [0.4, 0.5) is 11.4 Å². The SMILES string of the molecule is CCCNc1ccc(S(=O)(=O)NC2CC2C)c([N+](=O)[O-])c1. The van der Waals surface area contributed by atoms with Crippen molar-refractivity contribution in [1.29, 1.82) is 0 Å². The fourth-order valence-electron chi connectivity index (χ4n) is 2.02. The first-order valence-corrected chi connectivity index (χ1v) is 8.38. The summed E-state index contributed by atoms with van der Waals surface area (Å²) in [6.45, 7) is 4.57. The summed E-state index contributed by atoms with van der Waals surface area (Å²) >= 11 is 0. The summed E-state index contributed by atoms with van der Waals surface area (Å²) in [7, 11) is -3.86. The topological polar surface area (TPSA) is 101 Å². The lowest BCUT2D eigenvalue weighted by Crippen LogP contribution is -2.27. The predicted octanol–water partition coefficient (Wildman–Crippen LogP) is 2.10. The molecule has 0 saturated heterocycles. The standard InChI is InChI=1S/C13H19N3O4S/c1-3-6-14-10-4-5-13(12(8-10)16(17)18)21(19,20)15-11-7-9(11)2/h4-5,8-9,11,14-15H,3,6-7H2,1-2H3. The van der Waals surface area contributed by atoms with E-state index in [1.54, 1.807) is 6.07 Å². The van der Waals surface area contributed by atoms with Gasteiger partial charge < -0.3 is 5.32 Å². The van der Waals surface area contributed by atoms with Gasteiger partial charge in [0.25, 0.3) is 5.69 Å². The Hall–Kier alpha value is -1.67. The van der Waals surface area contributed by atoms with Crippen molar-refractivity contribution < 1.29 is 13.3 Å². The van der Waals surface area contributed by atoms with Gasteiger partial charge in [-0.15, -0.1) is 0 Å². The molecule has 1 aliphatic carbocycles. The van der Waals surface area contributed by atoms with Gasteiger partial charge in [-0.3, -0.25) is 10.1 Å². The minimum atomic E-state index is -3.86. The van der Waals surface area contributed by atoms with Crippen LogP contribution < -0.4 is 10.0 Å². The van der Waals surface area contributed by atoms with Crippen molar-refractivity contribution in [2.45, 2.75) is 37.6 Å². The lowest BCUT2D eigenvalue weighted by Gasteiger charge is -2.09. The highest BCUT2D eigenvalue weighted by atomic mass is 32.2. The van der Waals surface area contributed by atoms with Crippen LogP contribution in [0.5, 0.6) is 0 Å². The predicted molar refractivity (Wildman–Crippen MR) is 79.8 cm³/mol. The average molecular weight is 313 g/mol. The number of hydrogen-bond acceptors (Lipinski definition) is 5. The van der Waals surface area contributed by atoms with E-state index in [0.29, 0.717) is 12.2 Å². The molecule has 0 radical (unpaired) electrons. The van der Waals surface area contributed by atoms with Crippen molar-refractivity contribution in [3.8, 4) is 0 Å². The van der Waals surface area contributed by atoms with Crippen LogP contribution in [0, 0.1) is 16.0 Å². The van der Waals surface area contributed by atoms with Crippen LogP contribution in [0.1, 0.15) is 26.7 Å². The second-order valence-corrected chi connectivity index (χ2v) is 6.99. The Morgan fingerprint density at radius 1 is 1.43 bits per heavy atom. The van der Waals surface area contributed by atoms with E-state index in [0.717, 1.165) is 12.8 Å². The number of nitro benzene ring substituents is 1. The van der Waals surface area contributed by atoms with Crippen molar-refractivity contribution in [2.24, 2.45) is 5.92 Å². The molecule has 8 heteroatoms. The molecule has 0 spiro atoms. The molecular formula is C13H19N3O4S. The van der Waals surface area contributed by atoms with E-state index in [9.17, 15) is 18.5 Å². The highest BCUT2D eigenvalue weighted by molar-refractivity contribution is 7.89. The molecule has 21 heavy (non-hydrogen) atoms. The Morgan fingerprint density at radius 2 is 2.10 bits per heavy atom. The third kappa shape index (κ3) is 3.70. The van der Waals surface area contributed by atoms with E-state index in [1.165, 1.54) is 12.1 Å². The number of sulfonamides is 1. The summed E-state index contributed by atoms with van der Waals surface area (Å²) in [5.41, 5.74) is 0.138. The van der Waals surface area contributed by atoms with Crippen molar-refractivity contribution in [3.63, 3.8) is 0 Å². The molecule has 7 nitrogen and oxygen atoms in total. The summed E-state index contributed by atoms with van der Waals surface area (Å²) in [4.78, 5) is 10.2. The Bertz CT molecular complexity index is 645. The van der Waals surface area contributed by atoms with Crippen LogP contribution in [-0.2, 0) is 10.0 Å². The van der Waals surface area contributed by atoms with Crippen LogP contribution in [0.25, 0.3) is 0 Å². The molecule has 0 bridgehead atoms. The summed E-state index contributed by atoms with van der Waals surface area (Å²) in [5.74, 6) is 0.282. The van der Waals surface area contributed by atoms with Gasteiger partial charge in [0.15, 0.2) is 4.90 Å². The van der Waals surface area contributed by atoms with Gasteiger partial charge in [0.05, 0.1) is 4.92 Å². The number of hydrogen-bond donors (Lipinski definition) is 2. The fraction of sp³-hybridized carbons (Fsp3) is 0.538. The smallest absolute Gasteiger partial charge is 0.291 e. The molecule has 2 unspecified atom stereocenters. The molecule has 1 aromatic rings. The molecule has 2 rings (SSSR count). The first-order chi connectivity index (χ1) is 9.85. The van der Waals surface area contributed by atoms with Gasteiger partial charge in [-0.05, 0) is 30.9 Å². The minimum absolute atomic E-state index is 0.118. The van der Waals surface area contributed by atoms with Gasteiger partial charge in [0.2, 0.25) is 10.0 Å². The number of rotatable bonds is 7. The summed E-state index contributed by atoms with van der Waals surface area (Å²) in [6.07, 6.45) is 1.64. The summed E-state index contributed by atoms with van der Waals surface area (Å²) < 4.78 is 27.0. The molecule has 1 aliphatic rings. The Labute approximate surface area is 123 Å². The van der Waals surface area contributed by atoms with Crippen molar-refractivity contribution in [2.75, 3.05) is 11.9 Å². The zero-order chi connectivity index (χ0) is 15.6. The Morgan fingerprint density at radius 3 is 2.62 bits per heavy atom. The van der Waals surface area contributed by atoms with E-state index < -0.39 is 20.6 Å². The first kappa shape index (κ1) is 15.7. The van der Waals surface area contributed by atoms with E-state index in [1.807, 2.05) is 13.8 Å². The number of anilines is 1. The van der Waals surface area contributed by atoms with E-state index in [-0.39, 0.29) is 16.9 Å². The van der Waals surface area contributed by atoms with Crippen LogP contribution >= 0.6 is 0 Å². The highest BCUT2D eigenvalue weighted by Crippen LogP contribution is 2.33. The van der Waals surface area contributed by atoms with Gasteiger partial charge in [0.1, 0.15) is 0 Å². The van der Waals surface area contributed by atoms with Gasteiger partial charge >= 0.3 is 0 Å². The largest absolute Gasteiger partial charge is 0.385 e. The average Bonchev–Trinajstić information content (AvgIpc) is 3.10. The van der Waals surface area contributed by atoms with Gasteiger partial charge in [0, 0.05) is 24.3 Å². The van der Waals surface area contributed by atoms with Gasteiger partial charge in [-0.2, -0.15) is 0 Å². The molecule has 0 aliphatic heterocycles. The number of nitrogens with zero attached hydrogens (tertiary/aromatic N) is 1. The maximum Gasteiger partial charge on any atom is 0.291 e. The highest BCUT2D eigenvalue weighted by Gasteiger charge is 2.38.